The third-order valence-corrected chi connectivity index (χ3v) is 6.48. The summed E-state index contributed by atoms with van der Waals surface area (Å²) in [6, 6.07) is 14.6. The maximum absolute atomic E-state index is 13.5. The lowest BCUT2D eigenvalue weighted by Crippen LogP contribution is -2.01. The van der Waals surface area contributed by atoms with Crippen molar-refractivity contribution in [1.29, 1.82) is 0 Å². The van der Waals surface area contributed by atoms with Crippen molar-refractivity contribution < 1.29 is 28.6 Å². The zero-order valence-electron chi connectivity index (χ0n) is 22.7. The average molecular weight is 549 g/mol. The summed E-state index contributed by atoms with van der Waals surface area (Å²) in [6.45, 7) is 4.61. The molecule has 2 aromatic carbocycles. The number of nitrogens with two attached hydrogens (primary N) is 2. The van der Waals surface area contributed by atoms with E-state index in [1.165, 1.54) is 12.1 Å². The topological polar surface area (TPSA) is 151 Å². The molecular weight excluding hydrogens is 515 g/mol. The van der Waals surface area contributed by atoms with Gasteiger partial charge in [-0.15, -0.1) is 0 Å². The van der Waals surface area contributed by atoms with Gasteiger partial charge in [-0.05, 0) is 79.4 Å². The smallest absolute Gasteiger partial charge is 0.204 e. The first kappa shape index (κ1) is 30.0. The molecule has 0 fully saturated rings. The molecule has 40 heavy (non-hydrogen) atoms. The van der Waals surface area contributed by atoms with Crippen LogP contribution < -0.4 is 20.9 Å². The molecule has 4 aromatic rings. The van der Waals surface area contributed by atoms with E-state index in [9.17, 15) is 9.50 Å². The number of aliphatic hydroxyl groups excluding tert-OH is 1. The van der Waals surface area contributed by atoms with E-state index < -0.39 is 0 Å². The molecule has 5 rings (SSSR count). The number of aliphatic hydroxyl groups is 1. The van der Waals surface area contributed by atoms with Crippen molar-refractivity contribution in [2.45, 2.75) is 39.2 Å². The number of hydrogen-bond acceptors (Lipinski definition) is 7. The Kier molecular flexibility index (Phi) is 10.5. The Morgan fingerprint density at radius 2 is 1.75 bits per heavy atom. The van der Waals surface area contributed by atoms with Gasteiger partial charge in [-0.3, -0.25) is 9.59 Å². The Morgan fingerprint density at radius 1 is 1.07 bits per heavy atom. The van der Waals surface area contributed by atoms with Gasteiger partial charge >= 0.3 is 0 Å². The van der Waals surface area contributed by atoms with Crippen LogP contribution in [0.4, 0.5) is 4.39 Å². The van der Waals surface area contributed by atoms with E-state index >= 15 is 0 Å². The van der Waals surface area contributed by atoms with E-state index in [0.29, 0.717) is 6.61 Å². The van der Waals surface area contributed by atoms with E-state index in [4.69, 9.17) is 24.0 Å². The van der Waals surface area contributed by atoms with Crippen molar-refractivity contribution in [2.24, 2.45) is 11.5 Å². The van der Waals surface area contributed by atoms with Crippen LogP contribution in [0.15, 0.2) is 48.5 Å². The number of nitrogens with zero attached hydrogens (tertiary/aromatic N) is 2. The van der Waals surface area contributed by atoms with Gasteiger partial charge in [0.15, 0.2) is 0 Å². The van der Waals surface area contributed by atoms with E-state index in [2.05, 4.69) is 35.5 Å². The number of carbonyl (C=O) groups is 2. The van der Waals surface area contributed by atoms with Crippen LogP contribution in [0, 0.1) is 12.7 Å². The molecule has 9 nitrogen and oxygen atoms in total. The van der Waals surface area contributed by atoms with Crippen LogP contribution in [0.3, 0.4) is 0 Å². The van der Waals surface area contributed by atoms with E-state index in [0.717, 1.165) is 74.6 Å². The fourth-order valence-electron chi connectivity index (χ4n) is 4.54. The third kappa shape index (κ3) is 6.89. The molecule has 1 aliphatic rings. The molecule has 0 spiro atoms. The minimum Gasteiger partial charge on any atom is -0.494 e. The van der Waals surface area contributed by atoms with Gasteiger partial charge in [-0.25, -0.2) is 14.4 Å². The van der Waals surface area contributed by atoms with Crippen molar-refractivity contribution in [3.05, 3.63) is 82.4 Å². The zero-order valence-corrected chi connectivity index (χ0v) is 22.7. The Morgan fingerprint density at radius 3 is 2.38 bits per heavy atom. The fourth-order valence-corrected chi connectivity index (χ4v) is 4.54. The van der Waals surface area contributed by atoms with Crippen LogP contribution in [0.5, 0.6) is 11.5 Å². The van der Waals surface area contributed by atoms with Gasteiger partial charge in [0.05, 0.1) is 20.3 Å². The van der Waals surface area contributed by atoms with Crippen LogP contribution in [0.25, 0.3) is 22.2 Å². The second-order valence-electron chi connectivity index (χ2n) is 9.13. The highest BCUT2D eigenvalue weighted by atomic mass is 19.1. The van der Waals surface area contributed by atoms with Gasteiger partial charge in [0.25, 0.3) is 0 Å². The SMILES string of the molecule is COc1cc(CCc2cc3c(c(-c4ccc(F)cc4)n2)OCC3C)cc2cc(CO)c(C)nc12.NC=O.NC=O. The lowest BCUT2D eigenvalue weighted by molar-refractivity contribution is -0.107. The summed E-state index contributed by atoms with van der Waals surface area (Å²) in [7, 11) is 1.65. The van der Waals surface area contributed by atoms with Crippen LogP contribution in [-0.4, -0.2) is 41.6 Å². The number of benzene rings is 2. The van der Waals surface area contributed by atoms with E-state index in [1.54, 1.807) is 19.2 Å². The number of primary amides is 2. The van der Waals surface area contributed by atoms with Crippen molar-refractivity contribution >= 4 is 23.7 Å². The molecule has 2 amide bonds. The van der Waals surface area contributed by atoms with E-state index in [-0.39, 0.29) is 31.2 Å². The molecule has 3 heterocycles. The number of rotatable bonds is 6. The number of pyridine rings is 2. The summed E-state index contributed by atoms with van der Waals surface area (Å²) in [4.78, 5) is 26.7. The fraction of sp³-hybridized carbons (Fsp3) is 0.267. The normalized spacial score (nSPS) is 13.2. The number of ether oxygens (including phenoxy) is 2. The third-order valence-electron chi connectivity index (χ3n) is 6.48. The molecule has 0 bridgehead atoms. The highest BCUT2D eigenvalue weighted by Gasteiger charge is 2.26. The Labute approximate surface area is 232 Å². The number of halogens is 1. The molecule has 1 atom stereocenters. The minimum atomic E-state index is -0.273. The number of aromatic nitrogens is 2. The predicted molar refractivity (Wildman–Crippen MR) is 150 cm³/mol. The highest BCUT2D eigenvalue weighted by Crippen LogP contribution is 2.41. The monoisotopic (exact) mass is 548 g/mol. The van der Waals surface area contributed by atoms with E-state index in [1.807, 2.05) is 19.1 Å². The predicted octanol–water partition coefficient (Wildman–Crippen LogP) is 3.73. The van der Waals surface area contributed by atoms with Crippen molar-refractivity contribution in [3.63, 3.8) is 0 Å². The lowest BCUT2D eigenvalue weighted by atomic mass is 9.97. The summed E-state index contributed by atoms with van der Waals surface area (Å²) < 4.78 is 25.1. The Hall–Kier alpha value is -4.57. The molecule has 0 radical (unpaired) electrons. The average Bonchev–Trinajstić information content (AvgIpc) is 3.32. The standard InChI is InChI=1S/C28H27FN2O3.2CH3NO/c1-16-15-34-28-24(16)13-23(31-27(28)19-5-7-22(29)8-6-19)9-4-18-10-20-12-21(14-32)17(2)30-26(20)25(11-18)33-3;2*2-1-3/h5-8,10-13,16,32H,4,9,14-15H2,1-3H3;2*1H,(H2,2,3). The van der Waals surface area contributed by atoms with Gasteiger partial charge in [0.1, 0.15) is 28.5 Å². The summed E-state index contributed by atoms with van der Waals surface area (Å²) in [5.74, 6) is 1.53. The van der Waals surface area contributed by atoms with Gasteiger partial charge in [0, 0.05) is 33.8 Å². The van der Waals surface area contributed by atoms with Gasteiger partial charge < -0.3 is 26.0 Å². The summed E-state index contributed by atoms with van der Waals surface area (Å²) >= 11 is 0. The molecule has 2 aromatic heterocycles. The van der Waals surface area contributed by atoms with Crippen LogP contribution in [-0.2, 0) is 29.0 Å². The summed E-state index contributed by atoms with van der Waals surface area (Å²) in [6.07, 6.45) is 1.99. The number of hydrogen-bond donors (Lipinski definition) is 3. The number of amides is 2. The maximum Gasteiger partial charge on any atom is 0.204 e. The van der Waals surface area contributed by atoms with Crippen LogP contribution in [0.2, 0.25) is 0 Å². The van der Waals surface area contributed by atoms with Crippen molar-refractivity contribution in [2.75, 3.05) is 13.7 Å². The number of aryl methyl sites for hydroxylation is 3. The van der Waals surface area contributed by atoms with Crippen LogP contribution >= 0.6 is 0 Å². The van der Waals surface area contributed by atoms with Gasteiger partial charge in [-0.2, -0.15) is 0 Å². The van der Waals surface area contributed by atoms with Crippen molar-refractivity contribution in [1.82, 2.24) is 9.97 Å². The number of methoxy groups -OCH3 is 1. The highest BCUT2D eigenvalue weighted by molar-refractivity contribution is 5.86. The summed E-state index contributed by atoms with van der Waals surface area (Å²) in [5, 5.41) is 10.6. The first-order valence-electron chi connectivity index (χ1n) is 12.6. The molecule has 1 aliphatic heterocycles. The zero-order chi connectivity index (χ0) is 29.2. The second-order valence-corrected chi connectivity index (χ2v) is 9.13. The number of fused-ring (bicyclic) bond motifs is 2. The molecule has 0 aliphatic carbocycles. The van der Waals surface area contributed by atoms with Crippen LogP contribution in [0.1, 0.15) is 40.9 Å². The maximum atomic E-state index is 13.5. The molecule has 0 saturated heterocycles. The lowest BCUT2D eigenvalue weighted by Gasteiger charge is -2.13. The summed E-state index contributed by atoms with van der Waals surface area (Å²) in [5.41, 5.74) is 15.6. The quantitative estimate of drug-likeness (QED) is 0.311. The first-order valence-corrected chi connectivity index (χ1v) is 12.6. The van der Waals surface area contributed by atoms with Gasteiger partial charge in [-0.1, -0.05) is 6.92 Å². The molecule has 5 N–H and O–H groups in total. The molecular formula is C30H33FN4O5. The molecule has 1 unspecified atom stereocenters. The largest absolute Gasteiger partial charge is 0.494 e. The van der Waals surface area contributed by atoms with Crippen molar-refractivity contribution in [3.8, 4) is 22.8 Å². The molecule has 10 heteroatoms. The molecule has 0 saturated carbocycles. The first-order chi connectivity index (χ1) is 19.3. The Bertz CT molecular complexity index is 1470. The number of carbonyl (C=O) groups excluding carboxylic acids is 2. The van der Waals surface area contributed by atoms with Gasteiger partial charge in [0.2, 0.25) is 12.8 Å². The second kappa shape index (κ2) is 14.0. The minimum absolute atomic E-state index is 0.0488. The molecule has 210 valence electrons. The Balaban J connectivity index is 0.000000676.